The molecule has 1 N–H and O–H groups in total. The van der Waals surface area contributed by atoms with Crippen molar-refractivity contribution >= 4 is 5.91 Å². The SMILES string of the molecule is COCCn1cnnc1[C@H](C)NC(=O)CN1CCCCCC1. The zero-order valence-electron chi connectivity index (χ0n) is 13.6. The second-order valence-electron chi connectivity index (χ2n) is 5.85. The number of nitrogens with zero attached hydrogens (tertiary/aromatic N) is 4. The number of likely N-dealkylation sites (tertiary alicyclic amines) is 1. The molecular weight excluding hydrogens is 282 g/mol. The van der Waals surface area contributed by atoms with Crippen LogP contribution in [0, 0.1) is 0 Å². The lowest BCUT2D eigenvalue weighted by Crippen LogP contribution is -2.39. The fourth-order valence-electron chi connectivity index (χ4n) is 2.81. The summed E-state index contributed by atoms with van der Waals surface area (Å²) in [5, 5.41) is 11.1. The minimum atomic E-state index is -0.154. The summed E-state index contributed by atoms with van der Waals surface area (Å²) in [6, 6.07) is -0.154. The van der Waals surface area contributed by atoms with E-state index in [2.05, 4.69) is 20.4 Å². The molecule has 1 aliphatic heterocycles. The maximum atomic E-state index is 12.2. The Balaban J connectivity index is 1.84. The number of amides is 1. The van der Waals surface area contributed by atoms with Crippen LogP contribution in [-0.4, -0.2) is 58.9 Å². The van der Waals surface area contributed by atoms with Crippen LogP contribution in [0.4, 0.5) is 0 Å². The molecule has 1 aromatic rings. The van der Waals surface area contributed by atoms with Crippen LogP contribution >= 0.6 is 0 Å². The molecule has 7 nitrogen and oxygen atoms in total. The highest BCUT2D eigenvalue weighted by molar-refractivity contribution is 5.78. The number of methoxy groups -OCH3 is 1. The third-order valence-electron chi connectivity index (χ3n) is 4.01. The fraction of sp³-hybridized carbons (Fsp3) is 0.800. The number of ether oxygens (including phenoxy) is 1. The quantitative estimate of drug-likeness (QED) is 0.813. The van der Waals surface area contributed by atoms with Crippen LogP contribution in [0.3, 0.4) is 0 Å². The van der Waals surface area contributed by atoms with E-state index in [-0.39, 0.29) is 11.9 Å². The van der Waals surface area contributed by atoms with Crippen molar-refractivity contribution in [2.24, 2.45) is 0 Å². The molecule has 22 heavy (non-hydrogen) atoms. The van der Waals surface area contributed by atoms with Gasteiger partial charge in [-0.3, -0.25) is 9.69 Å². The van der Waals surface area contributed by atoms with Gasteiger partial charge in [-0.1, -0.05) is 12.8 Å². The van der Waals surface area contributed by atoms with Gasteiger partial charge in [-0.05, 0) is 32.9 Å². The van der Waals surface area contributed by atoms with Crippen molar-refractivity contribution in [1.29, 1.82) is 0 Å². The van der Waals surface area contributed by atoms with Gasteiger partial charge in [0.25, 0.3) is 0 Å². The van der Waals surface area contributed by atoms with Gasteiger partial charge in [0.05, 0.1) is 19.2 Å². The average molecular weight is 309 g/mol. The maximum absolute atomic E-state index is 12.2. The summed E-state index contributed by atoms with van der Waals surface area (Å²) in [7, 11) is 1.66. The fourth-order valence-corrected chi connectivity index (χ4v) is 2.81. The monoisotopic (exact) mass is 309 g/mol. The Morgan fingerprint density at radius 2 is 2.09 bits per heavy atom. The Kier molecular flexibility index (Phi) is 6.79. The Labute approximate surface area is 132 Å². The second kappa shape index (κ2) is 8.85. The molecule has 1 aliphatic rings. The van der Waals surface area contributed by atoms with E-state index in [0.717, 1.165) is 18.9 Å². The minimum Gasteiger partial charge on any atom is -0.383 e. The van der Waals surface area contributed by atoms with E-state index in [0.29, 0.717) is 19.7 Å². The molecule has 1 amide bonds. The Morgan fingerprint density at radius 3 is 2.77 bits per heavy atom. The molecular formula is C15H27N5O2. The van der Waals surface area contributed by atoms with Crippen molar-refractivity contribution in [3.63, 3.8) is 0 Å². The van der Waals surface area contributed by atoms with Crippen molar-refractivity contribution in [3.8, 4) is 0 Å². The lowest BCUT2D eigenvalue weighted by molar-refractivity contribution is -0.123. The van der Waals surface area contributed by atoms with Crippen LogP contribution in [0.15, 0.2) is 6.33 Å². The third-order valence-corrected chi connectivity index (χ3v) is 4.01. The summed E-state index contributed by atoms with van der Waals surface area (Å²) < 4.78 is 6.99. The number of rotatable bonds is 7. The van der Waals surface area contributed by atoms with Gasteiger partial charge in [0, 0.05) is 13.7 Å². The van der Waals surface area contributed by atoms with Gasteiger partial charge in [0.2, 0.25) is 5.91 Å². The number of hydrogen-bond acceptors (Lipinski definition) is 5. The van der Waals surface area contributed by atoms with Crippen molar-refractivity contribution < 1.29 is 9.53 Å². The normalized spacial score (nSPS) is 17.9. The summed E-state index contributed by atoms with van der Waals surface area (Å²) in [5.74, 6) is 0.817. The summed E-state index contributed by atoms with van der Waals surface area (Å²) in [4.78, 5) is 14.5. The van der Waals surface area contributed by atoms with Gasteiger partial charge in [-0.25, -0.2) is 0 Å². The number of aromatic nitrogens is 3. The van der Waals surface area contributed by atoms with Crippen LogP contribution in [0.1, 0.15) is 44.5 Å². The molecule has 124 valence electrons. The smallest absolute Gasteiger partial charge is 0.234 e. The molecule has 0 saturated carbocycles. The van der Waals surface area contributed by atoms with E-state index in [4.69, 9.17) is 4.74 Å². The third kappa shape index (κ3) is 5.06. The van der Waals surface area contributed by atoms with Gasteiger partial charge in [0.15, 0.2) is 5.82 Å². The Morgan fingerprint density at radius 1 is 1.36 bits per heavy atom. The first kappa shape index (κ1) is 16.9. The molecule has 2 rings (SSSR count). The molecule has 7 heteroatoms. The molecule has 0 aliphatic carbocycles. The topological polar surface area (TPSA) is 72.3 Å². The Bertz CT molecular complexity index is 455. The van der Waals surface area contributed by atoms with Crippen molar-refractivity contribution in [1.82, 2.24) is 25.0 Å². The first-order valence-electron chi connectivity index (χ1n) is 8.09. The highest BCUT2D eigenvalue weighted by Gasteiger charge is 2.18. The van der Waals surface area contributed by atoms with E-state index in [1.54, 1.807) is 13.4 Å². The van der Waals surface area contributed by atoms with Crippen molar-refractivity contribution in [3.05, 3.63) is 12.2 Å². The molecule has 1 atom stereocenters. The van der Waals surface area contributed by atoms with Crippen LogP contribution in [0.25, 0.3) is 0 Å². The Hall–Kier alpha value is -1.47. The van der Waals surface area contributed by atoms with Crippen molar-refractivity contribution in [2.45, 2.75) is 45.2 Å². The molecule has 1 saturated heterocycles. The number of nitrogens with one attached hydrogen (secondary N) is 1. The molecule has 2 heterocycles. The highest BCUT2D eigenvalue weighted by atomic mass is 16.5. The van der Waals surface area contributed by atoms with Crippen LogP contribution in [0.5, 0.6) is 0 Å². The maximum Gasteiger partial charge on any atom is 0.234 e. The van der Waals surface area contributed by atoms with Gasteiger partial charge < -0.3 is 14.6 Å². The van der Waals surface area contributed by atoms with Crippen LogP contribution in [-0.2, 0) is 16.1 Å². The molecule has 1 aromatic heterocycles. The summed E-state index contributed by atoms with van der Waals surface area (Å²) >= 11 is 0. The van der Waals surface area contributed by atoms with E-state index in [1.165, 1.54) is 25.7 Å². The van der Waals surface area contributed by atoms with Gasteiger partial charge in [-0.2, -0.15) is 0 Å². The van der Waals surface area contributed by atoms with Crippen molar-refractivity contribution in [2.75, 3.05) is 33.4 Å². The zero-order chi connectivity index (χ0) is 15.8. The largest absolute Gasteiger partial charge is 0.383 e. The van der Waals surface area contributed by atoms with E-state index >= 15 is 0 Å². The van der Waals surface area contributed by atoms with E-state index in [1.807, 2.05) is 11.5 Å². The van der Waals surface area contributed by atoms with Gasteiger partial charge in [0.1, 0.15) is 6.33 Å². The predicted molar refractivity (Wildman–Crippen MR) is 83.4 cm³/mol. The number of hydrogen-bond donors (Lipinski definition) is 1. The zero-order valence-corrected chi connectivity index (χ0v) is 13.6. The number of carbonyl (C=O) groups excluding carboxylic acids is 1. The summed E-state index contributed by atoms with van der Waals surface area (Å²) in [5.41, 5.74) is 0. The van der Waals surface area contributed by atoms with Gasteiger partial charge in [-0.15, -0.1) is 10.2 Å². The van der Waals surface area contributed by atoms with E-state index in [9.17, 15) is 4.79 Å². The summed E-state index contributed by atoms with van der Waals surface area (Å²) in [6.07, 6.45) is 6.60. The molecule has 0 spiro atoms. The molecule has 0 unspecified atom stereocenters. The van der Waals surface area contributed by atoms with Crippen LogP contribution < -0.4 is 5.32 Å². The lowest BCUT2D eigenvalue weighted by Gasteiger charge is -2.21. The number of carbonyl (C=O) groups is 1. The first-order chi connectivity index (χ1) is 10.7. The summed E-state index contributed by atoms with van der Waals surface area (Å²) in [6.45, 7) is 5.73. The lowest BCUT2D eigenvalue weighted by atomic mass is 10.2. The van der Waals surface area contributed by atoms with E-state index < -0.39 is 0 Å². The molecule has 0 aromatic carbocycles. The second-order valence-corrected chi connectivity index (χ2v) is 5.85. The molecule has 0 bridgehead atoms. The van der Waals surface area contributed by atoms with Crippen LogP contribution in [0.2, 0.25) is 0 Å². The predicted octanol–water partition coefficient (Wildman–Crippen LogP) is 0.978. The highest BCUT2D eigenvalue weighted by Crippen LogP contribution is 2.11. The van der Waals surface area contributed by atoms with Gasteiger partial charge >= 0.3 is 0 Å². The standard InChI is InChI=1S/C15H27N5O2/c1-13(15-18-16-12-20(15)9-10-22-2)17-14(21)11-19-7-5-3-4-6-8-19/h12-13H,3-11H2,1-2H3,(H,17,21)/t13-/m0/s1. The minimum absolute atomic E-state index is 0.0516. The first-order valence-corrected chi connectivity index (χ1v) is 8.09. The average Bonchev–Trinajstić information content (AvgIpc) is 2.82. The molecule has 0 radical (unpaired) electrons. The molecule has 1 fully saturated rings.